The van der Waals surface area contributed by atoms with Gasteiger partial charge in [0.05, 0.1) is 12.6 Å². The van der Waals surface area contributed by atoms with Crippen LogP contribution in [0.5, 0.6) is 0 Å². The second-order valence-electron chi connectivity index (χ2n) is 5.77. The Morgan fingerprint density at radius 3 is 2.40 bits per heavy atom. The van der Waals surface area contributed by atoms with Gasteiger partial charge in [0.15, 0.2) is 0 Å². The standard InChI is InChI=1S/C13H21F3N4/c1-18-12(9-17)3-2-11(8-12)20-6-4-19(5-7-20)10-13(14,15)16/h11,18H,2-8,10H2,1H3. The Labute approximate surface area is 117 Å². The number of nitrogens with zero attached hydrogens (tertiary/aromatic N) is 3. The molecule has 1 saturated carbocycles. The van der Waals surface area contributed by atoms with E-state index in [1.54, 1.807) is 7.05 Å². The Hall–Kier alpha value is -0.840. The van der Waals surface area contributed by atoms with Gasteiger partial charge in [-0.2, -0.15) is 18.4 Å². The Kier molecular flexibility index (Phi) is 4.57. The quantitative estimate of drug-likeness (QED) is 0.848. The van der Waals surface area contributed by atoms with E-state index in [-0.39, 0.29) is 0 Å². The van der Waals surface area contributed by atoms with Crippen molar-refractivity contribution in [3.05, 3.63) is 0 Å². The molecule has 1 N–H and O–H groups in total. The summed E-state index contributed by atoms with van der Waals surface area (Å²) >= 11 is 0. The summed E-state index contributed by atoms with van der Waals surface area (Å²) in [5.74, 6) is 0. The highest BCUT2D eigenvalue weighted by Gasteiger charge is 2.41. The van der Waals surface area contributed by atoms with Crippen LogP contribution in [0.3, 0.4) is 0 Å². The fourth-order valence-electron chi connectivity index (χ4n) is 3.26. The van der Waals surface area contributed by atoms with E-state index in [4.69, 9.17) is 0 Å². The van der Waals surface area contributed by atoms with Crippen LogP contribution in [-0.2, 0) is 0 Å². The number of hydrogen-bond donors (Lipinski definition) is 1. The van der Waals surface area contributed by atoms with Crippen LogP contribution in [0, 0.1) is 11.3 Å². The van der Waals surface area contributed by atoms with Gasteiger partial charge in [0.25, 0.3) is 0 Å². The maximum absolute atomic E-state index is 12.3. The van der Waals surface area contributed by atoms with Crippen molar-refractivity contribution in [2.24, 2.45) is 0 Å². The molecule has 1 aliphatic carbocycles. The Morgan fingerprint density at radius 2 is 1.95 bits per heavy atom. The molecule has 1 heterocycles. The third kappa shape index (κ3) is 3.62. The number of nitriles is 1. The first-order chi connectivity index (χ1) is 9.37. The van der Waals surface area contributed by atoms with E-state index >= 15 is 0 Å². The topological polar surface area (TPSA) is 42.3 Å². The lowest BCUT2D eigenvalue weighted by atomic mass is 10.00. The number of rotatable bonds is 3. The van der Waals surface area contributed by atoms with Crippen molar-refractivity contribution in [3.63, 3.8) is 0 Å². The predicted octanol–water partition coefficient (Wildman–Crippen LogP) is 1.20. The number of halogens is 3. The summed E-state index contributed by atoms with van der Waals surface area (Å²) in [5, 5.41) is 12.3. The molecule has 4 nitrogen and oxygen atoms in total. The van der Waals surface area contributed by atoms with Crippen LogP contribution in [0.15, 0.2) is 0 Å². The van der Waals surface area contributed by atoms with Gasteiger partial charge in [0.2, 0.25) is 0 Å². The molecule has 0 aromatic heterocycles. The molecule has 0 amide bonds. The van der Waals surface area contributed by atoms with Crippen LogP contribution < -0.4 is 5.32 Å². The van der Waals surface area contributed by atoms with Crippen molar-refractivity contribution >= 4 is 0 Å². The Morgan fingerprint density at radius 1 is 1.30 bits per heavy atom. The highest BCUT2D eigenvalue weighted by molar-refractivity contribution is 5.13. The van der Waals surface area contributed by atoms with Crippen LogP contribution in [-0.4, -0.2) is 67.3 Å². The smallest absolute Gasteiger partial charge is 0.302 e. The fourth-order valence-corrected chi connectivity index (χ4v) is 3.26. The van der Waals surface area contributed by atoms with Crippen molar-refractivity contribution < 1.29 is 13.2 Å². The lowest BCUT2D eigenvalue weighted by Crippen LogP contribution is -2.52. The molecule has 0 aromatic carbocycles. The van der Waals surface area contributed by atoms with E-state index in [1.807, 2.05) is 0 Å². The molecular formula is C13H21F3N4. The van der Waals surface area contributed by atoms with Gasteiger partial charge in [-0.3, -0.25) is 9.80 Å². The van der Waals surface area contributed by atoms with E-state index in [0.29, 0.717) is 32.2 Å². The normalized spacial score (nSPS) is 33.2. The lowest BCUT2D eigenvalue weighted by molar-refractivity contribution is -0.149. The van der Waals surface area contributed by atoms with E-state index in [9.17, 15) is 18.4 Å². The molecule has 2 atom stereocenters. The van der Waals surface area contributed by atoms with Gasteiger partial charge in [0.1, 0.15) is 5.54 Å². The third-order valence-electron chi connectivity index (χ3n) is 4.51. The van der Waals surface area contributed by atoms with Gasteiger partial charge in [-0.15, -0.1) is 0 Å². The minimum Gasteiger partial charge on any atom is -0.302 e. The molecule has 1 saturated heterocycles. The van der Waals surface area contributed by atoms with E-state index in [1.165, 1.54) is 4.90 Å². The molecule has 0 spiro atoms. The first kappa shape index (κ1) is 15.5. The largest absolute Gasteiger partial charge is 0.401 e. The number of nitrogens with one attached hydrogen (secondary N) is 1. The van der Waals surface area contributed by atoms with Crippen molar-refractivity contribution in [2.45, 2.75) is 37.0 Å². The SMILES string of the molecule is CNC1(C#N)CCC(N2CCN(CC(F)(F)F)CC2)C1. The van der Waals surface area contributed by atoms with Crippen LogP contribution in [0.1, 0.15) is 19.3 Å². The molecular weight excluding hydrogens is 269 g/mol. The molecule has 2 aliphatic rings. The number of alkyl halides is 3. The monoisotopic (exact) mass is 290 g/mol. The molecule has 2 fully saturated rings. The van der Waals surface area contributed by atoms with Crippen LogP contribution in [0.4, 0.5) is 13.2 Å². The highest BCUT2D eigenvalue weighted by Crippen LogP contribution is 2.33. The number of hydrogen-bond acceptors (Lipinski definition) is 4. The Balaban J connectivity index is 1.82. The van der Waals surface area contributed by atoms with Crippen LogP contribution in [0.25, 0.3) is 0 Å². The first-order valence-electron chi connectivity index (χ1n) is 7.01. The summed E-state index contributed by atoms with van der Waals surface area (Å²) in [4.78, 5) is 3.70. The van der Waals surface area contributed by atoms with Gasteiger partial charge in [-0.25, -0.2) is 0 Å². The van der Waals surface area contributed by atoms with Crippen molar-refractivity contribution in [3.8, 4) is 6.07 Å². The summed E-state index contributed by atoms with van der Waals surface area (Å²) in [6.07, 6.45) is -1.60. The summed E-state index contributed by atoms with van der Waals surface area (Å²) in [5.41, 5.74) is -0.451. The summed E-state index contributed by atoms with van der Waals surface area (Å²) < 4.78 is 37.0. The third-order valence-corrected chi connectivity index (χ3v) is 4.51. The molecule has 2 unspecified atom stereocenters. The van der Waals surface area contributed by atoms with Crippen LogP contribution >= 0.6 is 0 Å². The maximum atomic E-state index is 12.3. The van der Waals surface area contributed by atoms with Gasteiger partial charge in [0, 0.05) is 32.2 Å². The maximum Gasteiger partial charge on any atom is 0.401 e. The summed E-state index contributed by atoms with van der Waals surface area (Å²) in [6, 6.07) is 2.65. The van der Waals surface area contributed by atoms with E-state index < -0.39 is 18.3 Å². The fraction of sp³-hybridized carbons (Fsp3) is 0.923. The molecule has 0 aromatic rings. The molecule has 0 radical (unpaired) electrons. The lowest BCUT2D eigenvalue weighted by Gasteiger charge is -2.38. The molecule has 0 bridgehead atoms. The molecule has 114 valence electrons. The highest BCUT2D eigenvalue weighted by atomic mass is 19.4. The van der Waals surface area contributed by atoms with Gasteiger partial charge < -0.3 is 5.32 Å². The average Bonchev–Trinajstić information content (AvgIpc) is 2.83. The second-order valence-corrected chi connectivity index (χ2v) is 5.77. The van der Waals surface area contributed by atoms with Gasteiger partial charge in [-0.1, -0.05) is 0 Å². The van der Waals surface area contributed by atoms with Gasteiger partial charge in [-0.05, 0) is 26.3 Å². The van der Waals surface area contributed by atoms with E-state index in [0.717, 1.165) is 19.3 Å². The average molecular weight is 290 g/mol. The summed E-state index contributed by atoms with van der Waals surface area (Å²) in [7, 11) is 1.80. The van der Waals surface area contributed by atoms with Gasteiger partial charge >= 0.3 is 6.18 Å². The zero-order chi connectivity index (χ0) is 14.8. The van der Waals surface area contributed by atoms with Crippen molar-refractivity contribution in [2.75, 3.05) is 39.8 Å². The van der Waals surface area contributed by atoms with Crippen LogP contribution in [0.2, 0.25) is 0 Å². The van der Waals surface area contributed by atoms with Crippen molar-refractivity contribution in [1.82, 2.24) is 15.1 Å². The molecule has 1 aliphatic heterocycles. The minimum absolute atomic E-state index is 0.315. The predicted molar refractivity (Wildman–Crippen MR) is 69.1 cm³/mol. The Bertz CT molecular complexity index is 371. The van der Waals surface area contributed by atoms with E-state index in [2.05, 4.69) is 16.3 Å². The first-order valence-corrected chi connectivity index (χ1v) is 7.01. The zero-order valence-electron chi connectivity index (χ0n) is 11.7. The zero-order valence-corrected chi connectivity index (χ0v) is 11.7. The number of piperazine rings is 1. The molecule has 7 heteroatoms. The molecule has 20 heavy (non-hydrogen) atoms. The van der Waals surface area contributed by atoms with Crippen molar-refractivity contribution in [1.29, 1.82) is 5.26 Å². The summed E-state index contributed by atoms with van der Waals surface area (Å²) in [6.45, 7) is 1.41. The molecule has 2 rings (SSSR count). The second kappa shape index (κ2) is 5.88. The minimum atomic E-state index is -4.11.